The minimum absolute atomic E-state index is 0.251. The summed E-state index contributed by atoms with van der Waals surface area (Å²) in [5.74, 6) is 0. The average molecular weight is 424 g/mol. The van der Waals surface area contributed by atoms with Crippen LogP contribution in [-0.2, 0) is 4.74 Å². The van der Waals surface area contributed by atoms with Crippen molar-refractivity contribution in [3.63, 3.8) is 0 Å². The van der Waals surface area contributed by atoms with Gasteiger partial charge in [0, 0.05) is 28.5 Å². The van der Waals surface area contributed by atoms with Gasteiger partial charge in [-0.05, 0) is 31.0 Å². The monoisotopic (exact) mass is 423 g/mol. The van der Waals surface area contributed by atoms with E-state index in [1.807, 2.05) is 11.8 Å². The van der Waals surface area contributed by atoms with Crippen LogP contribution in [0.25, 0.3) is 0 Å². The van der Waals surface area contributed by atoms with Gasteiger partial charge < -0.3 is 9.64 Å². The van der Waals surface area contributed by atoms with Crippen LogP contribution in [0.4, 0.5) is 11.4 Å². The number of nitrogens with zero attached hydrogens (tertiary/aromatic N) is 1. The maximum absolute atomic E-state index is 6.41. The van der Waals surface area contributed by atoms with Crippen molar-refractivity contribution in [2.75, 3.05) is 18.1 Å². The van der Waals surface area contributed by atoms with Crippen molar-refractivity contribution in [3.05, 3.63) is 48.0 Å². The molecule has 0 aliphatic carbocycles. The lowest BCUT2D eigenvalue weighted by Gasteiger charge is -2.40. The van der Waals surface area contributed by atoms with E-state index in [2.05, 4.69) is 54.3 Å². The van der Waals surface area contributed by atoms with Crippen molar-refractivity contribution in [2.24, 2.45) is 0 Å². The number of fused-ring (bicyclic) bond motifs is 2. The molecule has 2 aromatic carbocycles. The quantitative estimate of drug-likeness (QED) is 0.317. The standard InChI is InChI=1S/C27H37NOS/c1-2-3-4-5-6-7-8-9-10-13-21-29-24-19-20-28-23-16-11-12-17-25(23)30-26-18-14-15-22(24)27(26)28/h11-12,14-18,24H,2-10,13,19-21H2,1H3/t24-/m1/s1. The van der Waals surface area contributed by atoms with Crippen molar-refractivity contribution in [1.82, 2.24) is 0 Å². The van der Waals surface area contributed by atoms with E-state index in [1.54, 1.807) is 0 Å². The average Bonchev–Trinajstić information content (AvgIpc) is 2.78. The molecule has 0 aromatic heterocycles. The lowest BCUT2D eigenvalue weighted by Crippen LogP contribution is -2.30. The van der Waals surface area contributed by atoms with Crippen molar-refractivity contribution >= 4 is 23.1 Å². The minimum atomic E-state index is 0.251. The highest BCUT2D eigenvalue weighted by molar-refractivity contribution is 7.99. The summed E-state index contributed by atoms with van der Waals surface area (Å²) in [6.45, 7) is 4.23. The first-order chi connectivity index (χ1) is 14.9. The minimum Gasteiger partial charge on any atom is -0.373 e. The van der Waals surface area contributed by atoms with Gasteiger partial charge in [0.1, 0.15) is 0 Å². The topological polar surface area (TPSA) is 12.5 Å². The number of hydrogen-bond donors (Lipinski definition) is 0. The Morgan fingerprint density at radius 3 is 2.33 bits per heavy atom. The zero-order chi connectivity index (χ0) is 20.6. The molecule has 0 N–H and O–H groups in total. The highest BCUT2D eigenvalue weighted by Gasteiger charge is 2.32. The molecule has 2 aliphatic heterocycles. The van der Waals surface area contributed by atoms with Crippen molar-refractivity contribution < 1.29 is 4.74 Å². The van der Waals surface area contributed by atoms with Crippen LogP contribution < -0.4 is 4.90 Å². The zero-order valence-corrected chi connectivity index (χ0v) is 19.4. The number of hydrogen-bond acceptors (Lipinski definition) is 3. The lowest BCUT2D eigenvalue weighted by atomic mass is 9.97. The molecule has 2 aliphatic rings. The predicted molar refractivity (Wildman–Crippen MR) is 129 cm³/mol. The Bertz CT molecular complexity index is 805. The molecule has 0 saturated carbocycles. The van der Waals surface area contributed by atoms with E-state index in [4.69, 9.17) is 4.74 Å². The summed E-state index contributed by atoms with van der Waals surface area (Å²) in [5, 5.41) is 0. The van der Waals surface area contributed by atoms with E-state index in [1.165, 1.54) is 90.9 Å². The van der Waals surface area contributed by atoms with E-state index in [0.29, 0.717) is 0 Å². The fourth-order valence-corrected chi connectivity index (χ4v) is 5.94. The molecule has 0 bridgehead atoms. The molecule has 1 atom stereocenters. The fourth-order valence-electron chi connectivity index (χ4n) is 4.80. The fraction of sp³-hybridized carbons (Fsp3) is 0.556. The molecule has 3 heteroatoms. The first-order valence-electron chi connectivity index (χ1n) is 12.2. The number of para-hydroxylation sites is 2. The van der Waals surface area contributed by atoms with Crippen LogP contribution in [0.1, 0.15) is 89.2 Å². The maximum Gasteiger partial charge on any atom is 0.0862 e. The molecule has 4 rings (SSSR count). The number of benzene rings is 2. The smallest absolute Gasteiger partial charge is 0.0862 e. The molecule has 0 radical (unpaired) electrons. The van der Waals surface area contributed by atoms with Crippen molar-refractivity contribution in [3.8, 4) is 0 Å². The first-order valence-corrected chi connectivity index (χ1v) is 13.0. The third kappa shape index (κ3) is 5.23. The van der Waals surface area contributed by atoms with Crippen LogP contribution in [0.3, 0.4) is 0 Å². The van der Waals surface area contributed by atoms with Crippen LogP contribution in [-0.4, -0.2) is 13.2 Å². The maximum atomic E-state index is 6.41. The molecular formula is C27H37NOS. The summed E-state index contributed by atoms with van der Waals surface area (Å²) in [4.78, 5) is 5.25. The SMILES string of the molecule is CCCCCCCCCCCCO[C@@H]1CCN2c3ccccc3Sc3cccc1c32. The Kier molecular flexibility index (Phi) is 8.16. The third-order valence-corrected chi connectivity index (χ3v) is 7.57. The van der Waals surface area contributed by atoms with E-state index < -0.39 is 0 Å². The van der Waals surface area contributed by atoms with E-state index in [-0.39, 0.29) is 6.10 Å². The van der Waals surface area contributed by atoms with Gasteiger partial charge in [-0.1, -0.05) is 101 Å². The van der Waals surface area contributed by atoms with E-state index in [9.17, 15) is 0 Å². The van der Waals surface area contributed by atoms with Gasteiger partial charge >= 0.3 is 0 Å². The number of unbranched alkanes of at least 4 members (excludes halogenated alkanes) is 9. The van der Waals surface area contributed by atoms with E-state index >= 15 is 0 Å². The highest BCUT2D eigenvalue weighted by Crippen LogP contribution is 2.53. The summed E-state index contributed by atoms with van der Waals surface area (Å²) in [6, 6.07) is 15.5. The molecule has 30 heavy (non-hydrogen) atoms. The summed E-state index contributed by atoms with van der Waals surface area (Å²) < 4.78 is 6.41. The van der Waals surface area contributed by atoms with Crippen LogP contribution in [0, 0.1) is 0 Å². The van der Waals surface area contributed by atoms with Gasteiger partial charge in [-0.2, -0.15) is 0 Å². The van der Waals surface area contributed by atoms with E-state index in [0.717, 1.165) is 19.6 Å². The molecule has 162 valence electrons. The number of rotatable bonds is 12. The normalized spacial score (nSPS) is 17.0. The largest absolute Gasteiger partial charge is 0.373 e. The van der Waals surface area contributed by atoms with Gasteiger partial charge in [0.05, 0.1) is 17.5 Å². The molecule has 2 nitrogen and oxygen atoms in total. The molecule has 0 spiro atoms. The molecule has 0 unspecified atom stereocenters. The second kappa shape index (κ2) is 11.2. The van der Waals surface area contributed by atoms with Crippen molar-refractivity contribution in [1.29, 1.82) is 0 Å². The highest BCUT2D eigenvalue weighted by atomic mass is 32.2. The Morgan fingerprint density at radius 1 is 0.833 bits per heavy atom. The first kappa shape index (κ1) is 21.8. The second-order valence-corrected chi connectivity index (χ2v) is 9.83. The number of anilines is 2. The molecular weight excluding hydrogens is 386 g/mol. The molecule has 0 saturated heterocycles. The molecule has 2 heterocycles. The summed E-state index contributed by atoms with van der Waals surface area (Å²) in [6.07, 6.45) is 15.0. The van der Waals surface area contributed by atoms with Gasteiger partial charge in [-0.15, -0.1) is 0 Å². The Balaban J connectivity index is 1.22. The van der Waals surface area contributed by atoms with Crippen LogP contribution in [0.2, 0.25) is 0 Å². The van der Waals surface area contributed by atoms with Gasteiger partial charge in [0.2, 0.25) is 0 Å². The lowest BCUT2D eigenvalue weighted by molar-refractivity contribution is 0.0430. The van der Waals surface area contributed by atoms with Gasteiger partial charge in [-0.3, -0.25) is 0 Å². The Hall–Kier alpha value is -1.45. The number of ether oxygens (including phenoxy) is 1. The third-order valence-electron chi connectivity index (χ3n) is 6.45. The summed E-state index contributed by atoms with van der Waals surface area (Å²) in [5.41, 5.74) is 4.13. The second-order valence-electron chi connectivity index (χ2n) is 8.75. The van der Waals surface area contributed by atoms with Crippen LogP contribution in [0.5, 0.6) is 0 Å². The predicted octanol–water partition coefficient (Wildman–Crippen LogP) is 8.67. The molecule has 0 amide bonds. The molecule has 2 aromatic rings. The Morgan fingerprint density at radius 2 is 1.53 bits per heavy atom. The van der Waals surface area contributed by atoms with Gasteiger partial charge in [0.15, 0.2) is 0 Å². The van der Waals surface area contributed by atoms with Crippen LogP contribution >= 0.6 is 11.8 Å². The van der Waals surface area contributed by atoms with Gasteiger partial charge in [-0.25, -0.2) is 0 Å². The Labute approximate surface area is 187 Å². The molecule has 0 fully saturated rings. The van der Waals surface area contributed by atoms with Gasteiger partial charge in [0.25, 0.3) is 0 Å². The zero-order valence-electron chi connectivity index (χ0n) is 18.6. The summed E-state index contributed by atoms with van der Waals surface area (Å²) >= 11 is 1.90. The summed E-state index contributed by atoms with van der Waals surface area (Å²) in [7, 11) is 0. The van der Waals surface area contributed by atoms with Crippen molar-refractivity contribution in [2.45, 2.75) is 93.4 Å². The van der Waals surface area contributed by atoms with Crippen LogP contribution in [0.15, 0.2) is 52.3 Å².